The van der Waals surface area contributed by atoms with Crippen molar-refractivity contribution in [3.8, 4) is 0 Å². The van der Waals surface area contributed by atoms with E-state index in [1.807, 2.05) is 30.3 Å². The molecule has 0 saturated carbocycles. The number of carbonyl (C=O) groups is 2. The highest BCUT2D eigenvalue weighted by Crippen LogP contribution is 2.17. The molecule has 1 aromatic carbocycles. The number of benzene rings is 1. The van der Waals surface area contributed by atoms with Crippen molar-refractivity contribution in [2.75, 3.05) is 31.6 Å². The largest absolute Gasteiger partial charge is 0.340 e. The molecule has 1 saturated heterocycles. The molecule has 6 nitrogen and oxygen atoms in total. The highest BCUT2D eigenvalue weighted by Gasteiger charge is 2.33. The monoisotopic (exact) mass is 366 g/mol. The Hall–Kier alpha value is -1.89. The summed E-state index contributed by atoms with van der Waals surface area (Å²) >= 11 is 0. The molecule has 1 heterocycles. The molecule has 1 atom stereocenters. The first-order valence-electron chi connectivity index (χ1n) is 8.54. The molecule has 25 heavy (non-hydrogen) atoms. The molecule has 138 valence electrons. The first-order valence-corrected chi connectivity index (χ1v) is 10.4. The van der Waals surface area contributed by atoms with Gasteiger partial charge in [-0.15, -0.1) is 0 Å². The maximum atomic E-state index is 12.4. The van der Waals surface area contributed by atoms with Crippen molar-refractivity contribution in [1.29, 1.82) is 0 Å². The first kappa shape index (κ1) is 19.4. The molecule has 1 aliphatic heterocycles. The third kappa shape index (κ3) is 5.85. The van der Waals surface area contributed by atoms with Crippen LogP contribution in [-0.4, -0.2) is 67.7 Å². The van der Waals surface area contributed by atoms with Crippen LogP contribution in [0.2, 0.25) is 0 Å². The van der Waals surface area contributed by atoms with Gasteiger partial charge in [-0.3, -0.25) is 9.59 Å². The number of nitrogens with zero attached hydrogens (tertiary/aromatic N) is 2. The number of likely N-dealkylation sites (N-methyl/N-ethyl adjacent to an activating group) is 1. The van der Waals surface area contributed by atoms with Gasteiger partial charge in [0.2, 0.25) is 11.8 Å². The topological polar surface area (TPSA) is 74.8 Å². The molecule has 1 unspecified atom stereocenters. The van der Waals surface area contributed by atoms with Crippen molar-refractivity contribution in [3.05, 3.63) is 35.9 Å². The van der Waals surface area contributed by atoms with Crippen molar-refractivity contribution in [3.63, 3.8) is 0 Å². The molecule has 7 heteroatoms. The minimum atomic E-state index is -3.04. The molecule has 1 aromatic rings. The molecular formula is C18H26N2O4S. The summed E-state index contributed by atoms with van der Waals surface area (Å²) in [7, 11) is -1.42. The van der Waals surface area contributed by atoms with Gasteiger partial charge in [0.1, 0.15) is 0 Å². The fraction of sp³-hybridized carbons (Fsp3) is 0.556. The van der Waals surface area contributed by atoms with Crippen molar-refractivity contribution in [2.24, 2.45) is 0 Å². The third-order valence-electron chi connectivity index (χ3n) is 4.66. The van der Waals surface area contributed by atoms with Gasteiger partial charge >= 0.3 is 0 Å². The summed E-state index contributed by atoms with van der Waals surface area (Å²) < 4.78 is 23.1. The Morgan fingerprint density at radius 2 is 1.88 bits per heavy atom. The van der Waals surface area contributed by atoms with E-state index in [9.17, 15) is 18.0 Å². The smallest absolute Gasteiger partial charge is 0.242 e. The Morgan fingerprint density at radius 1 is 1.20 bits per heavy atom. The van der Waals surface area contributed by atoms with Crippen LogP contribution in [0.3, 0.4) is 0 Å². The summed E-state index contributed by atoms with van der Waals surface area (Å²) in [6, 6.07) is 9.71. The molecule has 2 amide bonds. The maximum absolute atomic E-state index is 12.4. The second-order valence-corrected chi connectivity index (χ2v) is 8.82. The lowest BCUT2D eigenvalue weighted by atomic mass is 10.1. The fourth-order valence-corrected chi connectivity index (χ4v) is 4.80. The van der Waals surface area contributed by atoms with Gasteiger partial charge in [-0.25, -0.2) is 8.42 Å². The van der Waals surface area contributed by atoms with Crippen molar-refractivity contribution in [2.45, 2.75) is 32.2 Å². The van der Waals surface area contributed by atoms with E-state index in [1.54, 1.807) is 7.05 Å². The minimum Gasteiger partial charge on any atom is -0.340 e. The second-order valence-electron chi connectivity index (χ2n) is 6.59. The van der Waals surface area contributed by atoms with Gasteiger partial charge in [-0.05, 0) is 24.8 Å². The Morgan fingerprint density at radius 3 is 2.44 bits per heavy atom. The van der Waals surface area contributed by atoms with E-state index in [2.05, 4.69) is 0 Å². The second kappa shape index (κ2) is 8.47. The lowest BCUT2D eigenvalue weighted by Crippen LogP contribution is -2.45. The van der Waals surface area contributed by atoms with Gasteiger partial charge in [0.15, 0.2) is 9.84 Å². The highest BCUT2D eigenvalue weighted by molar-refractivity contribution is 7.91. The van der Waals surface area contributed by atoms with E-state index in [-0.39, 0.29) is 35.9 Å². The summed E-state index contributed by atoms with van der Waals surface area (Å²) in [4.78, 5) is 27.3. The van der Waals surface area contributed by atoms with Crippen LogP contribution in [0.4, 0.5) is 0 Å². The van der Waals surface area contributed by atoms with Crippen molar-refractivity contribution >= 4 is 21.7 Å². The van der Waals surface area contributed by atoms with Crippen LogP contribution in [0, 0.1) is 0 Å². The normalized spacial score (nSPS) is 18.7. The molecule has 0 radical (unpaired) electrons. The van der Waals surface area contributed by atoms with Crippen LogP contribution < -0.4 is 0 Å². The van der Waals surface area contributed by atoms with Crippen LogP contribution in [0.1, 0.15) is 25.3 Å². The highest BCUT2D eigenvalue weighted by atomic mass is 32.2. The van der Waals surface area contributed by atoms with Gasteiger partial charge < -0.3 is 9.80 Å². The summed E-state index contributed by atoms with van der Waals surface area (Å²) in [5.74, 6) is -0.211. The van der Waals surface area contributed by atoms with E-state index in [0.717, 1.165) is 12.8 Å². The molecule has 0 aliphatic carbocycles. The van der Waals surface area contributed by atoms with Gasteiger partial charge in [0.05, 0.1) is 18.1 Å². The van der Waals surface area contributed by atoms with Crippen molar-refractivity contribution in [1.82, 2.24) is 9.80 Å². The van der Waals surface area contributed by atoms with Gasteiger partial charge in [0, 0.05) is 26.6 Å². The van der Waals surface area contributed by atoms with E-state index < -0.39 is 9.84 Å². The summed E-state index contributed by atoms with van der Waals surface area (Å²) in [5, 5.41) is 0. The average Bonchev–Trinajstić information content (AvgIpc) is 2.93. The Balaban J connectivity index is 1.85. The SMILES string of the molecule is CC(=O)N(CCCc1ccccc1)CC(=O)N(C)C1CCS(=O)(=O)C1. The Labute approximate surface area is 149 Å². The molecule has 2 rings (SSSR count). The number of hydrogen-bond donors (Lipinski definition) is 0. The standard InChI is InChI=1S/C18H26N2O4S/c1-15(21)20(11-6-9-16-7-4-3-5-8-16)13-18(22)19(2)17-10-12-25(23,24)14-17/h3-5,7-8,17H,6,9-14H2,1-2H3. The molecule has 0 N–H and O–H groups in total. The van der Waals surface area contributed by atoms with E-state index in [0.29, 0.717) is 13.0 Å². The number of sulfone groups is 1. The molecule has 0 spiro atoms. The number of rotatable bonds is 7. The molecular weight excluding hydrogens is 340 g/mol. The zero-order valence-corrected chi connectivity index (χ0v) is 15.7. The first-order chi connectivity index (χ1) is 11.8. The van der Waals surface area contributed by atoms with Gasteiger partial charge in [0.25, 0.3) is 0 Å². The molecule has 0 aromatic heterocycles. The Bertz CT molecular complexity index is 703. The van der Waals surface area contributed by atoms with Crippen LogP contribution in [0.25, 0.3) is 0 Å². The quantitative estimate of drug-likeness (QED) is 0.725. The summed E-state index contributed by atoms with van der Waals surface area (Å²) in [6.45, 7) is 1.96. The molecule has 1 aliphatic rings. The number of aryl methyl sites for hydroxylation is 1. The summed E-state index contributed by atoms with van der Waals surface area (Å²) in [5.41, 5.74) is 1.20. The predicted molar refractivity (Wildman–Crippen MR) is 96.8 cm³/mol. The van der Waals surface area contributed by atoms with E-state index in [1.165, 1.54) is 22.3 Å². The lowest BCUT2D eigenvalue weighted by molar-refractivity contribution is -0.139. The molecule has 0 bridgehead atoms. The van der Waals surface area contributed by atoms with E-state index >= 15 is 0 Å². The van der Waals surface area contributed by atoms with Crippen molar-refractivity contribution < 1.29 is 18.0 Å². The average molecular weight is 366 g/mol. The third-order valence-corrected chi connectivity index (χ3v) is 6.41. The van der Waals surface area contributed by atoms with Crippen LogP contribution in [0.5, 0.6) is 0 Å². The fourth-order valence-electron chi connectivity index (χ4n) is 3.03. The zero-order valence-electron chi connectivity index (χ0n) is 14.8. The van der Waals surface area contributed by atoms with Gasteiger partial charge in [-0.2, -0.15) is 0 Å². The predicted octanol–water partition coefficient (Wildman–Crippen LogP) is 1.11. The maximum Gasteiger partial charge on any atom is 0.242 e. The zero-order chi connectivity index (χ0) is 18.4. The lowest BCUT2D eigenvalue weighted by Gasteiger charge is -2.27. The number of amides is 2. The summed E-state index contributed by atoms with van der Waals surface area (Å²) in [6.07, 6.45) is 2.09. The van der Waals surface area contributed by atoms with Crippen LogP contribution in [-0.2, 0) is 25.8 Å². The number of hydrogen-bond acceptors (Lipinski definition) is 4. The van der Waals surface area contributed by atoms with E-state index in [4.69, 9.17) is 0 Å². The van der Waals surface area contributed by atoms with Crippen LogP contribution in [0.15, 0.2) is 30.3 Å². The van der Waals surface area contributed by atoms with Gasteiger partial charge in [-0.1, -0.05) is 30.3 Å². The minimum absolute atomic E-state index is 0.00281. The van der Waals surface area contributed by atoms with Crippen LogP contribution >= 0.6 is 0 Å². The Kier molecular flexibility index (Phi) is 6.58. The number of carbonyl (C=O) groups excluding carboxylic acids is 2. The molecule has 1 fully saturated rings.